The molecule has 0 aliphatic carbocycles. The van der Waals surface area contributed by atoms with Crippen LogP contribution in [0.5, 0.6) is 0 Å². The first-order chi connectivity index (χ1) is 6.97. The lowest BCUT2D eigenvalue weighted by Crippen LogP contribution is -2.30. The maximum atomic E-state index is 10.7. The zero-order chi connectivity index (χ0) is 11.8. The van der Waals surface area contributed by atoms with Crippen LogP contribution in [0.25, 0.3) is 0 Å². The van der Waals surface area contributed by atoms with Gasteiger partial charge in [0.25, 0.3) is 0 Å². The van der Waals surface area contributed by atoms with E-state index in [9.17, 15) is 9.59 Å². The van der Waals surface area contributed by atoms with Gasteiger partial charge in [0.1, 0.15) is 6.04 Å². The third kappa shape index (κ3) is 6.90. The molecule has 0 aromatic rings. The van der Waals surface area contributed by atoms with Crippen LogP contribution in [0.2, 0.25) is 0 Å². The van der Waals surface area contributed by atoms with Crippen LogP contribution in [0.15, 0.2) is 0 Å². The summed E-state index contributed by atoms with van der Waals surface area (Å²) in [6.07, 6.45) is 3.20. The van der Waals surface area contributed by atoms with E-state index in [-0.39, 0.29) is 11.8 Å². The molecular formula is C10H20N2O3. The highest BCUT2D eigenvalue weighted by molar-refractivity contribution is 5.74. The molecule has 0 rings (SSSR count). The Morgan fingerprint density at radius 3 is 2.27 bits per heavy atom. The standard InChI is InChI=1S/C10H20N2O3/c1-2-3-7(6-9(12)13)4-5-8(11)10(14)15/h7-8H,2-6,11H2,1H3,(H2,12,13)(H,14,15). The third-order valence-electron chi connectivity index (χ3n) is 2.39. The van der Waals surface area contributed by atoms with Crippen LogP contribution in [0, 0.1) is 5.92 Å². The molecule has 1 amide bonds. The molecule has 0 aromatic heterocycles. The maximum Gasteiger partial charge on any atom is 0.320 e. The number of carboxylic acid groups (broad SMARTS) is 1. The number of carbonyl (C=O) groups is 2. The van der Waals surface area contributed by atoms with Crippen LogP contribution in [-0.2, 0) is 9.59 Å². The van der Waals surface area contributed by atoms with Crippen molar-refractivity contribution in [2.75, 3.05) is 0 Å². The fourth-order valence-electron chi connectivity index (χ4n) is 1.58. The maximum absolute atomic E-state index is 10.7. The van der Waals surface area contributed by atoms with Gasteiger partial charge in [0.15, 0.2) is 0 Å². The second-order valence-electron chi connectivity index (χ2n) is 3.85. The number of hydrogen-bond donors (Lipinski definition) is 3. The Balaban J connectivity index is 3.94. The van der Waals surface area contributed by atoms with Gasteiger partial charge in [0, 0.05) is 6.42 Å². The Labute approximate surface area is 89.8 Å². The van der Waals surface area contributed by atoms with Crippen molar-refractivity contribution in [2.24, 2.45) is 17.4 Å². The number of rotatable bonds is 8. The Morgan fingerprint density at radius 1 is 1.27 bits per heavy atom. The number of primary amides is 1. The van der Waals surface area contributed by atoms with Crippen LogP contribution in [0.3, 0.4) is 0 Å². The number of carboxylic acids is 1. The highest BCUT2D eigenvalue weighted by Gasteiger charge is 2.16. The summed E-state index contributed by atoms with van der Waals surface area (Å²) in [6, 6.07) is -0.836. The molecule has 5 heteroatoms. The zero-order valence-electron chi connectivity index (χ0n) is 9.11. The zero-order valence-corrected chi connectivity index (χ0v) is 9.11. The molecule has 5 nitrogen and oxygen atoms in total. The quantitative estimate of drug-likeness (QED) is 0.548. The Morgan fingerprint density at radius 2 is 1.87 bits per heavy atom. The highest BCUT2D eigenvalue weighted by Crippen LogP contribution is 2.18. The monoisotopic (exact) mass is 216 g/mol. The van der Waals surface area contributed by atoms with Crippen LogP contribution < -0.4 is 11.5 Å². The SMILES string of the molecule is CCCC(CCC(N)C(=O)O)CC(N)=O. The number of nitrogens with two attached hydrogens (primary N) is 2. The third-order valence-corrected chi connectivity index (χ3v) is 2.39. The second kappa shape index (κ2) is 7.23. The van der Waals surface area contributed by atoms with Crippen molar-refractivity contribution < 1.29 is 14.7 Å². The minimum absolute atomic E-state index is 0.165. The first-order valence-electron chi connectivity index (χ1n) is 5.24. The lowest BCUT2D eigenvalue weighted by atomic mass is 9.92. The van der Waals surface area contributed by atoms with Crippen LogP contribution >= 0.6 is 0 Å². The lowest BCUT2D eigenvalue weighted by Gasteiger charge is -2.15. The molecule has 0 bridgehead atoms. The molecule has 2 unspecified atom stereocenters. The average Bonchev–Trinajstić information content (AvgIpc) is 2.13. The van der Waals surface area contributed by atoms with Crippen molar-refractivity contribution >= 4 is 11.9 Å². The number of carbonyl (C=O) groups excluding carboxylic acids is 1. The van der Waals surface area contributed by atoms with Gasteiger partial charge in [-0.15, -0.1) is 0 Å². The summed E-state index contributed by atoms with van der Waals surface area (Å²) in [6.45, 7) is 2.02. The second-order valence-corrected chi connectivity index (χ2v) is 3.85. The summed E-state index contributed by atoms with van der Waals surface area (Å²) in [4.78, 5) is 21.2. The molecule has 15 heavy (non-hydrogen) atoms. The Kier molecular flexibility index (Phi) is 6.70. The molecular weight excluding hydrogens is 196 g/mol. The number of amides is 1. The number of hydrogen-bond acceptors (Lipinski definition) is 3. The molecule has 0 aromatic carbocycles. The van der Waals surface area contributed by atoms with Gasteiger partial charge < -0.3 is 16.6 Å². The molecule has 0 saturated heterocycles. The molecule has 88 valence electrons. The predicted molar refractivity (Wildman–Crippen MR) is 57.1 cm³/mol. The van der Waals surface area contributed by atoms with E-state index in [1.807, 2.05) is 6.92 Å². The summed E-state index contributed by atoms with van der Waals surface area (Å²) in [7, 11) is 0. The van der Waals surface area contributed by atoms with Crippen LogP contribution in [-0.4, -0.2) is 23.0 Å². The average molecular weight is 216 g/mol. The normalized spacial score (nSPS) is 14.5. The van der Waals surface area contributed by atoms with Gasteiger partial charge in [0.05, 0.1) is 0 Å². The van der Waals surface area contributed by atoms with Crippen LogP contribution in [0.1, 0.15) is 39.0 Å². The van der Waals surface area contributed by atoms with Crippen LogP contribution in [0.4, 0.5) is 0 Å². The predicted octanol–water partition coefficient (Wildman–Crippen LogP) is 0.470. The molecule has 0 fully saturated rings. The van der Waals surface area contributed by atoms with E-state index in [4.69, 9.17) is 16.6 Å². The van der Waals surface area contributed by atoms with Gasteiger partial charge in [-0.2, -0.15) is 0 Å². The van der Waals surface area contributed by atoms with E-state index in [1.165, 1.54) is 0 Å². The summed E-state index contributed by atoms with van der Waals surface area (Å²) in [5.41, 5.74) is 10.5. The van der Waals surface area contributed by atoms with E-state index in [1.54, 1.807) is 0 Å². The molecule has 0 spiro atoms. The van der Waals surface area contributed by atoms with Crippen molar-refractivity contribution in [1.82, 2.24) is 0 Å². The summed E-state index contributed by atoms with van der Waals surface area (Å²) >= 11 is 0. The lowest BCUT2D eigenvalue weighted by molar-refractivity contribution is -0.138. The van der Waals surface area contributed by atoms with Crippen molar-refractivity contribution in [1.29, 1.82) is 0 Å². The van der Waals surface area contributed by atoms with E-state index in [0.29, 0.717) is 19.3 Å². The van der Waals surface area contributed by atoms with Crippen molar-refractivity contribution in [2.45, 2.75) is 45.1 Å². The molecule has 0 radical (unpaired) electrons. The van der Waals surface area contributed by atoms with E-state index in [0.717, 1.165) is 12.8 Å². The van der Waals surface area contributed by atoms with E-state index < -0.39 is 12.0 Å². The first-order valence-corrected chi connectivity index (χ1v) is 5.24. The van der Waals surface area contributed by atoms with Crippen molar-refractivity contribution in [3.8, 4) is 0 Å². The fraction of sp³-hybridized carbons (Fsp3) is 0.800. The molecule has 0 aliphatic heterocycles. The molecule has 0 aliphatic rings. The van der Waals surface area contributed by atoms with Gasteiger partial charge in [-0.05, 0) is 18.8 Å². The smallest absolute Gasteiger partial charge is 0.320 e. The topological polar surface area (TPSA) is 106 Å². The number of aliphatic carboxylic acids is 1. The summed E-state index contributed by atoms with van der Waals surface area (Å²) < 4.78 is 0. The molecule has 5 N–H and O–H groups in total. The van der Waals surface area contributed by atoms with Crippen molar-refractivity contribution in [3.05, 3.63) is 0 Å². The van der Waals surface area contributed by atoms with Gasteiger partial charge in [-0.25, -0.2) is 0 Å². The Hall–Kier alpha value is -1.10. The molecule has 0 saturated carbocycles. The largest absolute Gasteiger partial charge is 0.480 e. The first kappa shape index (κ1) is 13.9. The highest BCUT2D eigenvalue weighted by atomic mass is 16.4. The Bertz CT molecular complexity index is 219. The minimum Gasteiger partial charge on any atom is -0.480 e. The minimum atomic E-state index is -0.996. The fourth-order valence-corrected chi connectivity index (χ4v) is 1.58. The van der Waals surface area contributed by atoms with Gasteiger partial charge in [-0.3, -0.25) is 9.59 Å². The molecule has 2 atom stereocenters. The summed E-state index contributed by atoms with van der Waals surface area (Å²) in [5, 5.41) is 8.59. The van der Waals surface area contributed by atoms with Gasteiger partial charge in [-0.1, -0.05) is 19.8 Å². The summed E-state index contributed by atoms with van der Waals surface area (Å²) in [5.74, 6) is -1.17. The van der Waals surface area contributed by atoms with Gasteiger partial charge >= 0.3 is 5.97 Å². The van der Waals surface area contributed by atoms with E-state index in [2.05, 4.69) is 0 Å². The van der Waals surface area contributed by atoms with Gasteiger partial charge in [0.2, 0.25) is 5.91 Å². The molecule has 0 heterocycles. The van der Waals surface area contributed by atoms with Crippen molar-refractivity contribution in [3.63, 3.8) is 0 Å². The van der Waals surface area contributed by atoms with E-state index >= 15 is 0 Å².